The maximum absolute atomic E-state index is 13.3. The van der Waals surface area contributed by atoms with Gasteiger partial charge in [0.1, 0.15) is 0 Å². The van der Waals surface area contributed by atoms with Crippen molar-refractivity contribution in [1.82, 2.24) is 0 Å². The van der Waals surface area contributed by atoms with E-state index in [9.17, 15) is 4.39 Å². The number of nitrogens with two attached hydrogens (primary N) is 1. The Labute approximate surface area is 106 Å². The predicted octanol–water partition coefficient (Wildman–Crippen LogP) is 1.75. The molecule has 1 aliphatic rings. The molecular formula is C13H19FN2O2. The van der Waals surface area contributed by atoms with E-state index in [-0.39, 0.29) is 23.2 Å². The summed E-state index contributed by atoms with van der Waals surface area (Å²) in [4.78, 5) is 0. The van der Waals surface area contributed by atoms with E-state index in [0.29, 0.717) is 13.2 Å². The van der Waals surface area contributed by atoms with Crippen LogP contribution in [0.2, 0.25) is 0 Å². The molecule has 2 atom stereocenters. The van der Waals surface area contributed by atoms with Crippen LogP contribution < -0.4 is 15.8 Å². The first kappa shape index (κ1) is 13.1. The van der Waals surface area contributed by atoms with Crippen molar-refractivity contribution in [3.63, 3.8) is 0 Å². The van der Waals surface area contributed by atoms with Gasteiger partial charge in [0.05, 0.1) is 18.8 Å². The standard InChI is InChI=1S/C13H19FN2O2/c1-9-13(8-15,5-6-18-9)16-10-3-4-11(14)12(7-10)17-2/h3-4,7,9,16H,5-6,8,15H2,1-2H3. The average molecular weight is 254 g/mol. The van der Waals surface area contributed by atoms with Crippen LogP contribution in [0.1, 0.15) is 13.3 Å². The molecule has 4 nitrogen and oxygen atoms in total. The molecule has 1 aromatic carbocycles. The summed E-state index contributed by atoms with van der Waals surface area (Å²) in [6, 6.07) is 4.70. The highest BCUT2D eigenvalue weighted by molar-refractivity contribution is 5.51. The summed E-state index contributed by atoms with van der Waals surface area (Å²) in [5.74, 6) is -0.153. The van der Waals surface area contributed by atoms with Crippen molar-refractivity contribution in [2.75, 3.05) is 25.6 Å². The SMILES string of the molecule is COc1cc(NC2(CN)CCOC2C)ccc1F. The van der Waals surface area contributed by atoms with Crippen LogP contribution in [0.3, 0.4) is 0 Å². The third kappa shape index (κ3) is 2.28. The van der Waals surface area contributed by atoms with E-state index < -0.39 is 0 Å². The van der Waals surface area contributed by atoms with Crippen molar-refractivity contribution < 1.29 is 13.9 Å². The molecule has 1 fully saturated rings. The molecule has 1 aliphatic heterocycles. The van der Waals surface area contributed by atoms with Crippen LogP contribution in [-0.4, -0.2) is 31.9 Å². The fourth-order valence-electron chi connectivity index (χ4n) is 2.29. The molecule has 0 amide bonds. The van der Waals surface area contributed by atoms with Gasteiger partial charge in [0, 0.05) is 24.9 Å². The van der Waals surface area contributed by atoms with Gasteiger partial charge in [-0.1, -0.05) is 0 Å². The number of nitrogens with one attached hydrogen (secondary N) is 1. The molecule has 1 heterocycles. The van der Waals surface area contributed by atoms with Gasteiger partial charge >= 0.3 is 0 Å². The summed E-state index contributed by atoms with van der Waals surface area (Å²) in [6.07, 6.45) is 0.864. The summed E-state index contributed by atoms with van der Waals surface area (Å²) in [7, 11) is 1.45. The maximum Gasteiger partial charge on any atom is 0.165 e. The zero-order valence-corrected chi connectivity index (χ0v) is 10.7. The van der Waals surface area contributed by atoms with Crippen LogP contribution in [0.4, 0.5) is 10.1 Å². The molecule has 0 saturated carbocycles. The van der Waals surface area contributed by atoms with E-state index in [0.717, 1.165) is 12.1 Å². The van der Waals surface area contributed by atoms with E-state index in [4.69, 9.17) is 15.2 Å². The van der Waals surface area contributed by atoms with Crippen molar-refractivity contribution >= 4 is 5.69 Å². The van der Waals surface area contributed by atoms with Crippen molar-refractivity contribution in [3.05, 3.63) is 24.0 Å². The van der Waals surface area contributed by atoms with E-state index in [1.165, 1.54) is 13.2 Å². The van der Waals surface area contributed by atoms with Gasteiger partial charge in [-0.15, -0.1) is 0 Å². The van der Waals surface area contributed by atoms with Crippen molar-refractivity contribution in [1.29, 1.82) is 0 Å². The molecule has 0 aliphatic carbocycles. The van der Waals surface area contributed by atoms with E-state index in [2.05, 4.69) is 5.32 Å². The van der Waals surface area contributed by atoms with Crippen molar-refractivity contribution in [2.45, 2.75) is 25.0 Å². The minimum Gasteiger partial charge on any atom is -0.494 e. The van der Waals surface area contributed by atoms with E-state index in [1.54, 1.807) is 12.1 Å². The maximum atomic E-state index is 13.3. The monoisotopic (exact) mass is 254 g/mol. The van der Waals surface area contributed by atoms with Crippen LogP contribution in [0.25, 0.3) is 0 Å². The summed E-state index contributed by atoms with van der Waals surface area (Å²) in [5.41, 5.74) is 6.36. The molecule has 0 spiro atoms. The molecule has 2 unspecified atom stereocenters. The highest BCUT2D eigenvalue weighted by Crippen LogP contribution is 2.31. The molecule has 1 saturated heterocycles. The van der Waals surface area contributed by atoms with Crippen LogP contribution >= 0.6 is 0 Å². The zero-order chi connectivity index (χ0) is 13.2. The number of anilines is 1. The van der Waals surface area contributed by atoms with Gasteiger partial charge in [0.15, 0.2) is 11.6 Å². The minimum atomic E-state index is -0.374. The lowest BCUT2D eigenvalue weighted by Gasteiger charge is -2.33. The quantitative estimate of drug-likeness (QED) is 0.859. The molecule has 0 radical (unpaired) electrons. The van der Waals surface area contributed by atoms with Crippen LogP contribution in [0.15, 0.2) is 18.2 Å². The number of halogens is 1. The normalized spacial score (nSPS) is 27.2. The lowest BCUT2D eigenvalue weighted by Crippen LogP contribution is -2.50. The first-order valence-electron chi connectivity index (χ1n) is 6.05. The Hall–Kier alpha value is -1.33. The molecule has 5 heteroatoms. The number of methoxy groups -OCH3 is 1. The molecule has 1 aromatic rings. The zero-order valence-electron chi connectivity index (χ0n) is 10.7. The fraction of sp³-hybridized carbons (Fsp3) is 0.538. The Morgan fingerprint density at radius 3 is 2.94 bits per heavy atom. The molecule has 100 valence electrons. The Kier molecular flexibility index (Phi) is 3.73. The first-order valence-corrected chi connectivity index (χ1v) is 6.05. The third-order valence-corrected chi connectivity index (χ3v) is 3.60. The molecule has 0 bridgehead atoms. The Balaban J connectivity index is 2.22. The highest BCUT2D eigenvalue weighted by atomic mass is 19.1. The molecule has 3 N–H and O–H groups in total. The van der Waals surface area contributed by atoms with Crippen LogP contribution in [-0.2, 0) is 4.74 Å². The lowest BCUT2D eigenvalue weighted by molar-refractivity contribution is 0.103. The number of hydrogen-bond donors (Lipinski definition) is 2. The number of hydrogen-bond acceptors (Lipinski definition) is 4. The van der Waals surface area contributed by atoms with Gasteiger partial charge < -0.3 is 20.5 Å². The summed E-state index contributed by atoms with van der Waals surface area (Å²) < 4.78 is 23.9. The number of ether oxygens (including phenoxy) is 2. The molecule has 2 rings (SSSR count). The van der Waals surface area contributed by atoms with Gasteiger partial charge in [0.25, 0.3) is 0 Å². The van der Waals surface area contributed by atoms with Gasteiger partial charge in [-0.25, -0.2) is 4.39 Å². The minimum absolute atomic E-state index is 0.0264. The Morgan fingerprint density at radius 2 is 2.39 bits per heavy atom. The summed E-state index contributed by atoms with van der Waals surface area (Å²) >= 11 is 0. The Bertz CT molecular complexity index is 427. The van der Waals surface area contributed by atoms with Crippen LogP contribution in [0, 0.1) is 5.82 Å². The van der Waals surface area contributed by atoms with Crippen molar-refractivity contribution in [2.24, 2.45) is 5.73 Å². The van der Waals surface area contributed by atoms with Gasteiger partial charge in [0.2, 0.25) is 0 Å². The molecular weight excluding hydrogens is 235 g/mol. The summed E-state index contributed by atoms with van der Waals surface area (Å²) in [5, 5.41) is 3.36. The average Bonchev–Trinajstić information content (AvgIpc) is 2.74. The second-order valence-corrected chi connectivity index (χ2v) is 4.60. The second kappa shape index (κ2) is 5.12. The molecule has 0 aromatic heterocycles. The van der Waals surface area contributed by atoms with E-state index in [1.807, 2.05) is 6.92 Å². The topological polar surface area (TPSA) is 56.5 Å². The first-order chi connectivity index (χ1) is 8.61. The van der Waals surface area contributed by atoms with Crippen LogP contribution in [0.5, 0.6) is 5.75 Å². The van der Waals surface area contributed by atoms with Gasteiger partial charge in [-0.3, -0.25) is 0 Å². The third-order valence-electron chi connectivity index (χ3n) is 3.60. The number of rotatable bonds is 4. The largest absolute Gasteiger partial charge is 0.494 e. The molecule has 18 heavy (non-hydrogen) atoms. The smallest absolute Gasteiger partial charge is 0.165 e. The Morgan fingerprint density at radius 1 is 1.61 bits per heavy atom. The second-order valence-electron chi connectivity index (χ2n) is 4.60. The van der Waals surface area contributed by atoms with Gasteiger partial charge in [-0.2, -0.15) is 0 Å². The highest BCUT2D eigenvalue weighted by Gasteiger charge is 2.40. The number of benzene rings is 1. The lowest BCUT2D eigenvalue weighted by atomic mass is 9.91. The van der Waals surface area contributed by atoms with E-state index >= 15 is 0 Å². The summed E-state index contributed by atoms with van der Waals surface area (Å²) in [6.45, 7) is 3.14. The van der Waals surface area contributed by atoms with Crippen molar-refractivity contribution in [3.8, 4) is 5.75 Å². The van der Waals surface area contributed by atoms with Gasteiger partial charge in [-0.05, 0) is 25.5 Å². The fourth-order valence-corrected chi connectivity index (χ4v) is 2.29. The predicted molar refractivity (Wildman–Crippen MR) is 68.4 cm³/mol.